The first kappa shape index (κ1) is 27.8. The van der Waals surface area contributed by atoms with E-state index in [1.807, 2.05) is 36.5 Å². The Morgan fingerprint density at radius 1 is 1.08 bits per heavy atom. The second-order valence-electron chi connectivity index (χ2n) is 7.80. The topological polar surface area (TPSA) is 141 Å². The molecular weight excluding hydrogens is 566 g/mol. The highest BCUT2D eigenvalue weighted by atomic mass is 35.5. The van der Waals surface area contributed by atoms with Crippen LogP contribution >= 0.6 is 47.7 Å². The van der Waals surface area contributed by atoms with Crippen molar-refractivity contribution in [2.75, 3.05) is 11.5 Å². The van der Waals surface area contributed by atoms with E-state index >= 15 is 0 Å². The van der Waals surface area contributed by atoms with Crippen molar-refractivity contribution in [1.82, 2.24) is 40.2 Å². The molecule has 1 unspecified atom stereocenters. The number of imidazole rings is 1. The van der Waals surface area contributed by atoms with Crippen LogP contribution in [-0.4, -0.2) is 56.6 Å². The van der Waals surface area contributed by atoms with Gasteiger partial charge in [0.15, 0.2) is 0 Å². The van der Waals surface area contributed by atoms with Crippen molar-refractivity contribution in [2.24, 2.45) is 0 Å². The molecule has 0 fully saturated rings. The summed E-state index contributed by atoms with van der Waals surface area (Å²) in [6.45, 7) is 2.10. The lowest BCUT2D eigenvalue weighted by atomic mass is 10.1. The van der Waals surface area contributed by atoms with Gasteiger partial charge in [0.1, 0.15) is 11.2 Å². The van der Waals surface area contributed by atoms with Crippen LogP contribution in [0, 0.1) is 17.0 Å². The maximum atomic E-state index is 11.2. The van der Waals surface area contributed by atoms with E-state index in [1.54, 1.807) is 29.6 Å². The molecular formula is C23H22ClN9O2S3. The Kier molecular flexibility index (Phi) is 9.55. The highest BCUT2D eigenvalue weighted by Gasteiger charge is 2.22. The van der Waals surface area contributed by atoms with Crippen LogP contribution in [0.4, 0.5) is 5.82 Å². The smallest absolute Gasteiger partial charge is 0.358 e. The number of nitrogens with one attached hydrogen (secondary N) is 1. The number of pyridine rings is 1. The number of H-pyrrole nitrogens is 1. The molecule has 0 saturated heterocycles. The van der Waals surface area contributed by atoms with Crippen molar-refractivity contribution in [3.05, 3.63) is 87.9 Å². The molecule has 15 heteroatoms. The monoisotopic (exact) mass is 587 g/mol. The molecule has 1 N–H and O–H groups in total. The van der Waals surface area contributed by atoms with Crippen molar-refractivity contribution in [2.45, 2.75) is 33.7 Å². The van der Waals surface area contributed by atoms with Crippen LogP contribution in [0.5, 0.6) is 0 Å². The van der Waals surface area contributed by atoms with Gasteiger partial charge in [-0.15, -0.1) is 41.0 Å². The highest BCUT2D eigenvalue weighted by Crippen LogP contribution is 2.40. The number of hydrogen-bond acceptors (Lipinski definition) is 11. The normalized spacial score (nSPS) is 11.8. The second-order valence-corrected chi connectivity index (χ2v) is 11.1. The lowest BCUT2D eigenvalue weighted by molar-refractivity contribution is -0.391. The molecule has 4 aromatic heterocycles. The predicted octanol–water partition coefficient (Wildman–Crippen LogP) is 5.43. The van der Waals surface area contributed by atoms with Gasteiger partial charge >= 0.3 is 5.82 Å². The average Bonchev–Trinajstić information content (AvgIpc) is 3.58. The first-order valence-corrected chi connectivity index (χ1v) is 14.1. The summed E-state index contributed by atoms with van der Waals surface area (Å²) in [5.41, 5.74) is 3.70. The van der Waals surface area contributed by atoms with Gasteiger partial charge in [0.2, 0.25) is 10.8 Å². The Hall–Kier alpha value is -3.20. The third-order valence-corrected chi connectivity index (χ3v) is 8.78. The summed E-state index contributed by atoms with van der Waals surface area (Å²) >= 11 is 4.90. The van der Waals surface area contributed by atoms with Crippen LogP contribution in [0.3, 0.4) is 0 Å². The molecule has 0 aliphatic rings. The summed E-state index contributed by atoms with van der Waals surface area (Å²) in [5.74, 6) is 1.62. The van der Waals surface area contributed by atoms with Crippen molar-refractivity contribution >= 4 is 59.2 Å². The lowest BCUT2D eigenvalue weighted by Gasteiger charge is -2.19. The number of benzene rings is 1. The number of rotatable bonds is 11. The number of tetrazole rings is 1. The number of nitrogens with zero attached hydrogens (tertiary/aromatic N) is 8. The van der Waals surface area contributed by atoms with Crippen LogP contribution in [0.1, 0.15) is 28.5 Å². The molecule has 5 aromatic rings. The standard InChI is InChI=1S/C23H21N9O2S3.ClH/c1-15-17(35-12-5-13-36-19-9-8-18-25-14-20(32(33)34)31(18)28-19)10-11-24-21(15)22(16-6-3-2-4-7-16)37-23-26-29-30-27-23;/h2-4,6-11,14,22H,5,12-13H2,1H3,(H,26,27,29,30);1H. The zero-order valence-corrected chi connectivity index (χ0v) is 23.3. The molecule has 0 aliphatic heterocycles. The van der Waals surface area contributed by atoms with Crippen LogP contribution in [-0.2, 0) is 0 Å². The molecule has 0 aliphatic carbocycles. The Morgan fingerprint density at radius 3 is 2.66 bits per heavy atom. The quantitative estimate of drug-likeness (QED) is 0.0914. The Balaban J connectivity index is 0.00000336. The van der Waals surface area contributed by atoms with Gasteiger partial charge in [-0.2, -0.15) is 0 Å². The third-order valence-electron chi connectivity index (χ3n) is 5.40. The molecule has 1 aromatic carbocycles. The summed E-state index contributed by atoms with van der Waals surface area (Å²) < 4.78 is 1.27. The minimum atomic E-state index is -0.480. The first-order chi connectivity index (χ1) is 18.1. The summed E-state index contributed by atoms with van der Waals surface area (Å²) in [6.07, 6.45) is 4.02. The average molecular weight is 588 g/mol. The zero-order chi connectivity index (χ0) is 25.6. The van der Waals surface area contributed by atoms with Crippen LogP contribution < -0.4 is 0 Å². The van der Waals surface area contributed by atoms with E-state index in [0.717, 1.165) is 39.8 Å². The fourth-order valence-corrected chi connectivity index (χ4v) is 6.65. The van der Waals surface area contributed by atoms with Crippen LogP contribution in [0.2, 0.25) is 0 Å². The Labute approximate surface area is 236 Å². The van der Waals surface area contributed by atoms with E-state index in [2.05, 4.69) is 49.8 Å². The number of thioether (sulfide) groups is 3. The number of halogens is 1. The SMILES string of the molecule is Cc1c(SCCCSc2ccc3ncc([N+](=O)[O-])n3n2)ccnc1C(Sc1nnn[nH]1)c1ccccc1.Cl. The summed E-state index contributed by atoms with van der Waals surface area (Å²) in [4.78, 5) is 20.6. The van der Waals surface area contributed by atoms with Crippen LogP contribution in [0.15, 0.2) is 76.0 Å². The van der Waals surface area contributed by atoms with Crippen molar-refractivity contribution in [1.29, 1.82) is 0 Å². The van der Waals surface area contributed by atoms with Crippen LogP contribution in [0.25, 0.3) is 5.65 Å². The molecule has 38 heavy (non-hydrogen) atoms. The van der Waals surface area contributed by atoms with Gasteiger partial charge in [-0.05, 0) is 57.7 Å². The number of hydrogen-bond donors (Lipinski definition) is 1. The zero-order valence-electron chi connectivity index (χ0n) is 20.0. The van der Waals surface area contributed by atoms with Gasteiger partial charge in [0.25, 0.3) is 0 Å². The number of aromatic nitrogens is 8. The van der Waals surface area contributed by atoms with Gasteiger partial charge < -0.3 is 10.1 Å². The molecule has 0 spiro atoms. The van der Waals surface area contributed by atoms with E-state index < -0.39 is 4.92 Å². The molecule has 5 rings (SSSR count). The number of nitro groups is 1. The van der Waals surface area contributed by atoms with Gasteiger partial charge in [-0.1, -0.05) is 51.7 Å². The molecule has 11 nitrogen and oxygen atoms in total. The van der Waals surface area contributed by atoms with E-state index in [4.69, 9.17) is 4.98 Å². The fraction of sp³-hybridized carbons (Fsp3) is 0.217. The molecule has 1 atom stereocenters. The van der Waals surface area contributed by atoms with Crippen molar-refractivity contribution in [3.8, 4) is 0 Å². The van der Waals surface area contributed by atoms with Gasteiger partial charge in [0.05, 0.1) is 10.9 Å². The Morgan fingerprint density at radius 2 is 1.89 bits per heavy atom. The van der Waals surface area contributed by atoms with E-state index in [0.29, 0.717) is 10.8 Å². The second kappa shape index (κ2) is 13.0. The summed E-state index contributed by atoms with van der Waals surface area (Å²) in [7, 11) is 0. The van der Waals surface area contributed by atoms with Gasteiger partial charge in [0, 0.05) is 22.9 Å². The van der Waals surface area contributed by atoms with E-state index in [-0.39, 0.29) is 23.5 Å². The molecule has 0 saturated carbocycles. The molecule has 196 valence electrons. The predicted molar refractivity (Wildman–Crippen MR) is 150 cm³/mol. The molecule has 0 amide bonds. The van der Waals surface area contributed by atoms with Gasteiger partial charge in [-0.25, -0.2) is 10.1 Å². The van der Waals surface area contributed by atoms with E-state index in [9.17, 15) is 10.1 Å². The summed E-state index contributed by atoms with van der Waals surface area (Å²) in [6, 6.07) is 15.8. The maximum absolute atomic E-state index is 11.2. The fourth-order valence-electron chi connectivity index (χ4n) is 3.64. The molecule has 0 bridgehead atoms. The van der Waals surface area contributed by atoms with E-state index in [1.165, 1.54) is 27.4 Å². The molecule has 4 heterocycles. The molecule has 0 radical (unpaired) electrons. The third kappa shape index (κ3) is 6.43. The minimum Gasteiger partial charge on any atom is -0.358 e. The highest BCUT2D eigenvalue weighted by molar-refractivity contribution is 8.00. The maximum Gasteiger partial charge on any atom is 0.368 e. The summed E-state index contributed by atoms with van der Waals surface area (Å²) in [5, 5.41) is 31.1. The number of aromatic amines is 1. The van der Waals surface area contributed by atoms with Crippen molar-refractivity contribution < 1.29 is 4.92 Å². The minimum absolute atomic E-state index is 0. The first-order valence-electron chi connectivity index (χ1n) is 11.3. The lowest BCUT2D eigenvalue weighted by Crippen LogP contribution is -2.04. The largest absolute Gasteiger partial charge is 0.368 e. The Bertz CT molecular complexity index is 1500. The number of fused-ring (bicyclic) bond motifs is 1. The van der Waals surface area contributed by atoms with Gasteiger partial charge in [-0.3, -0.25) is 4.98 Å². The van der Waals surface area contributed by atoms with Crippen molar-refractivity contribution in [3.63, 3.8) is 0 Å².